The van der Waals surface area contributed by atoms with Gasteiger partial charge in [-0.25, -0.2) is 27.0 Å². The van der Waals surface area contributed by atoms with Crippen molar-refractivity contribution in [2.24, 2.45) is 5.14 Å². The monoisotopic (exact) mass is 331 g/mol. The Kier molecular flexibility index (Phi) is 3.94. The van der Waals surface area contributed by atoms with Crippen molar-refractivity contribution in [2.75, 3.05) is 4.72 Å². The molecule has 21 heavy (non-hydrogen) atoms. The number of nitrogens with two attached hydrogens (primary N) is 1. The summed E-state index contributed by atoms with van der Waals surface area (Å²) in [5, 5.41) is 4.94. The maximum atomic E-state index is 12.7. The Labute approximate surface area is 120 Å². The third kappa shape index (κ3) is 3.74. The van der Waals surface area contributed by atoms with Crippen LogP contribution in [0.15, 0.2) is 52.4 Å². The number of nitrogens with zero attached hydrogens (tertiary/aromatic N) is 1. The number of sulfonamides is 2. The number of aromatic nitrogens is 1. The van der Waals surface area contributed by atoms with E-state index in [1.165, 1.54) is 24.3 Å². The third-order valence-corrected chi connectivity index (χ3v) is 4.71. The Morgan fingerprint density at radius 3 is 2.29 bits per heavy atom. The van der Waals surface area contributed by atoms with Crippen molar-refractivity contribution in [3.8, 4) is 0 Å². The first kappa shape index (κ1) is 15.4. The quantitative estimate of drug-likeness (QED) is 0.798. The lowest BCUT2D eigenvalue weighted by Crippen LogP contribution is -2.16. The summed E-state index contributed by atoms with van der Waals surface area (Å²) in [6, 6.07) is 6.72. The molecule has 1 aromatic heterocycles. The highest BCUT2D eigenvalue weighted by atomic mass is 32.2. The van der Waals surface area contributed by atoms with E-state index in [0.29, 0.717) is 0 Å². The van der Waals surface area contributed by atoms with Crippen LogP contribution in [0.3, 0.4) is 0 Å². The Hall–Kier alpha value is -2.04. The van der Waals surface area contributed by atoms with Crippen molar-refractivity contribution in [1.82, 2.24) is 4.98 Å². The van der Waals surface area contributed by atoms with Crippen molar-refractivity contribution in [3.05, 3.63) is 48.5 Å². The highest BCUT2D eigenvalue weighted by Crippen LogP contribution is 2.18. The lowest BCUT2D eigenvalue weighted by molar-refractivity contribution is 0.583. The molecule has 2 aromatic rings. The van der Waals surface area contributed by atoms with Crippen molar-refractivity contribution >= 4 is 25.7 Å². The predicted molar refractivity (Wildman–Crippen MR) is 72.8 cm³/mol. The Morgan fingerprint density at radius 1 is 1.05 bits per heavy atom. The van der Waals surface area contributed by atoms with Gasteiger partial charge in [-0.1, -0.05) is 6.07 Å². The van der Waals surface area contributed by atoms with Gasteiger partial charge in [-0.3, -0.25) is 4.72 Å². The van der Waals surface area contributed by atoms with Crippen molar-refractivity contribution in [3.63, 3.8) is 0 Å². The van der Waals surface area contributed by atoms with E-state index in [2.05, 4.69) is 9.71 Å². The Morgan fingerprint density at radius 2 is 1.71 bits per heavy atom. The van der Waals surface area contributed by atoms with Crippen molar-refractivity contribution in [1.29, 1.82) is 0 Å². The molecule has 7 nitrogen and oxygen atoms in total. The zero-order valence-electron chi connectivity index (χ0n) is 10.4. The molecular weight excluding hydrogens is 321 g/mol. The standard InChI is InChI=1S/C11H10FN3O4S2/c12-11-5-4-8(7-14-11)15-21(18,19)10-3-1-2-9(6-10)20(13,16)17/h1-7,15H,(H2,13,16,17). The van der Waals surface area contributed by atoms with Gasteiger partial charge in [0.05, 0.1) is 21.7 Å². The fourth-order valence-electron chi connectivity index (χ4n) is 1.47. The first-order valence-corrected chi connectivity index (χ1v) is 8.49. The minimum atomic E-state index is -4.04. The molecule has 0 saturated carbocycles. The van der Waals surface area contributed by atoms with Crippen LogP contribution in [0.4, 0.5) is 10.1 Å². The number of primary sulfonamides is 1. The van der Waals surface area contributed by atoms with Gasteiger partial charge in [-0.05, 0) is 30.3 Å². The molecule has 0 amide bonds. The molecule has 0 spiro atoms. The molecule has 112 valence electrons. The van der Waals surface area contributed by atoms with E-state index in [0.717, 1.165) is 18.3 Å². The normalized spacial score (nSPS) is 12.1. The van der Waals surface area contributed by atoms with Crippen LogP contribution in [0, 0.1) is 5.95 Å². The number of halogens is 1. The summed E-state index contributed by atoms with van der Waals surface area (Å²) in [4.78, 5) is 2.68. The smallest absolute Gasteiger partial charge is 0.261 e. The Bertz CT molecular complexity index is 865. The molecule has 0 saturated heterocycles. The van der Waals surface area contributed by atoms with Gasteiger partial charge >= 0.3 is 0 Å². The predicted octanol–water partition coefficient (Wildman–Crippen LogP) is 0.669. The molecule has 1 heterocycles. The van der Waals surface area contributed by atoms with Crippen molar-refractivity contribution in [2.45, 2.75) is 9.79 Å². The molecule has 1 aromatic carbocycles. The molecule has 0 aliphatic rings. The van der Waals surface area contributed by atoms with E-state index in [4.69, 9.17) is 5.14 Å². The second-order valence-electron chi connectivity index (χ2n) is 3.99. The van der Waals surface area contributed by atoms with Gasteiger partial charge in [0.1, 0.15) is 0 Å². The van der Waals surface area contributed by atoms with Crippen molar-refractivity contribution < 1.29 is 21.2 Å². The van der Waals surface area contributed by atoms with Gasteiger partial charge in [0.2, 0.25) is 16.0 Å². The largest absolute Gasteiger partial charge is 0.278 e. The molecule has 0 unspecified atom stereocenters. The average molecular weight is 331 g/mol. The van der Waals surface area contributed by atoms with Gasteiger partial charge in [0.15, 0.2) is 0 Å². The minimum absolute atomic E-state index is 0.0393. The maximum absolute atomic E-state index is 12.7. The minimum Gasteiger partial charge on any atom is -0.278 e. The van der Waals surface area contributed by atoms with E-state index >= 15 is 0 Å². The number of pyridine rings is 1. The number of rotatable bonds is 4. The van der Waals surface area contributed by atoms with E-state index < -0.39 is 26.0 Å². The summed E-state index contributed by atoms with van der Waals surface area (Å²) in [5.41, 5.74) is 0.0393. The van der Waals surface area contributed by atoms with E-state index in [-0.39, 0.29) is 15.5 Å². The number of hydrogen-bond donors (Lipinski definition) is 2. The number of anilines is 1. The zero-order valence-corrected chi connectivity index (χ0v) is 12.0. The van der Waals surface area contributed by atoms with Gasteiger partial charge < -0.3 is 0 Å². The van der Waals surface area contributed by atoms with Crippen LogP contribution in [0.25, 0.3) is 0 Å². The maximum Gasteiger partial charge on any atom is 0.261 e. The second kappa shape index (κ2) is 5.39. The molecule has 2 rings (SSSR count). The molecule has 10 heteroatoms. The molecule has 0 radical (unpaired) electrons. The molecule has 0 atom stereocenters. The van der Waals surface area contributed by atoms with E-state index in [1.54, 1.807) is 0 Å². The molecule has 0 aliphatic carbocycles. The Balaban J connectivity index is 2.38. The van der Waals surface area contributed by atoms with Gasteiger partial charge in [0, 0.05) is 0 Å². The van der Waals surface area contributed by atoms with Crippen LogP contribution in [-0.4, -0.2) is 21.8 Å². The fourth-order valence-corrected chi connectivity index (χ4v) is 3.19. The summed E-state index contributed by atoms with van der Waals surface area (Å²) in [5.74, 6) is -0.755. The molecule has 0 aliphatic heterocycles. The van der Waals surface area contributed by atoms with E-state index in [1.807, 2.05) is 0 Å². The first-order chi connectivity index (χ1) is 9.68. The zero-order chi connectivity index (χ0) is 15.7. The summed E-state index contributed by atoms with van der Waals surface area (Å²) >= 11 is 0. The lowest BCUT2D eigenvalue weighted by Gasteiger charge is -2.08. The summed E-state index contributed by atoms with van der Waals surface area (Å²) in [6.07, 6.45) is 0.996. The molecule has 0 fully saturated rings. The van der Waals surface area contributed by atoms with Crippen LogP contribution in [-0.2, 0) is 20.0 Å². The highest BCUT2D eigenvalue weighted by Gasteiger charge is 2.17. The topological polar surface area (TPSA) is 119 Å². The molecular formula is C11H10FN3O4S2. The summed E-state index contributed by atoms with van der Waals surface area (Å²) < 4.78 is 61.4. The van der Waals surface area contributed by atoms with Gasteiger partial charge in [0.25, 0.3) is 10.0 Å². The molecule has 0 bridgehead atoms. The van der Waals surface area contributed by atoms with Crippen LogP contribution in [0.5, 0.6) is 0 Å². The average Bonchev–Trinajstić information content (AvgIpc) is 2.40. The highest BCUT2D eigenvalue weighted by molar-refractivity contribution is 7.93. The van der Waals surface area contributed by atoms with E-state index in [9.17, 15) is 21.2 Å². The molecule has 3 N–H and O–H groups in total. The van der Waals surface area contributed by atoms with Crippen LogP contribution in [0.2, 0.25) is 0 Å². The van der Waals surface area contributed by atoms with Crippen LogP contribution >= 0.6 is 0 Å². The third-order valence-electron chi connectivity index (χ3n) is 2.42. The fraction of sp³-hybridized carbons (Fsp3) is 0. The van der Waals surface area contributed by atoms with Crippen LogP contribution in [0.1, 0.15) is 0 Å². The summed E-state index contributed by atoms with van der Waals surface area (Å²) in [7, 11) is -8.06. The second-order valence-corrected chi connectivity index (χ2v) is 7.24. The SMILES string of the molecule is NS(=O)(=O)c1cccc(S(=O)(=O)Nc2ccc(F)nc2)c1. The van der Waals surface area contributed by atoms with Crippen LogP contribution < -0.4 is 9.86 Å². The first-order valence-electron chi connectivity index (χ1n) is 5.46. The van der Waals surface area contributed by atoms with Gasteiger partial charge in [-0.15, -0.1) is 0 Å². The number of benzene rings is 1. The lowest BCUT2D eigenvalue weighted by atomic mass is 10.4. The number of hydrogen-bond acceptors (Lipinski definition) is 5. The summed E-state index contributed by atoms with van der Waals surface area (Å²) in [6.45, 7) is 0. The number of nitrogens with one attached hydrogen (secondary N) is 1. The van der Waals surface area contributed by atoms with Gasteiger partial charge in [-0.2, -0.15) is 4.39 Å².